The van der Waals surface area contributed by atoms with Gasteiger partial charge in [-0.3, -0.25) is 14.6 Å². The van der Waals surface area contributed by atoms with E-state index in [0.29, 0.717) is 5.69 Å². The maximum atomic E-state index is 11.1. The first-order chi connectivity index (χ1) is 6.24. The third-order valence-electron chi connectivity index (χ3n) is 1.51. The van der Waals surface area contributed by atoms with Gasteiger partial charge in [-0.25, -0.2) is 0 Å². The summed E-state index contributed by atoms with van der Waals surface area (Å²) in [6.07, 6.45) is 3.31. The van der Waals surface area contributed by atoms with Crippen LogP contribution in [0.25, 0.3) is 0 Å². The molecule has 0 saturated heterocycles. The molecule has 0 aliphatic carbocycles. The molecular weight excluding hydrogens is 168 g/mol. The van der Waals surface area contributed by atoms with Gasteiger partial charge in [-0.15, -0.1) is 0 Å². The third-order valence-corrected chi connectivity index (χ3v) is 1.51. The molecule has 0 atom stereocenters. The molecule has 0 bridgehead atoms. The molecule has 4 heteroatoms. The number of anilines is 1. The molecule has 0 fully saturated rings. The van der Waals surface area contributed by atoms with E-state index >= 15 is 0 Å². The molecule has 0 radical (unpaired) electrons. The number of hydrogen-bond donors (Lipinski definition) is 1. The summed E-state index contributed by atoms with van der Waals surface area (Å²) in [5.74, 6) is -0.995. The van der Waals surface area contributed by atoms with Gasteiger partial charge in [0.2, 0.25) is 5.78 Å². The molecule has 1 N–H and O–H groups in total. The Balaban J connectivity index is 2.60. The first kappa shape index (κ1) is 9.38. The van der Waals surface area contributed by atoms with Crippen molar-refractivity contribution < 1.29 is 9.59 Å². The minimum Gasteiger partial charge on any atom is -0.319 e. The molecule has 0 aromatic carbocycles. The zero-order valence-corrected chi connectivity index (χ0v) is 7.28. The zero-order chi connectivity index (χ0) is 9.68. The number of Topliss-reactive ketones (excluding diaryl/α,β-unsaturated/α-hetero) is 1. The molecule has 1 amide bonds. The normalized spacial score (nSPS) is 9.31. The molecule has 1 aromatic rings. The maximum absolute atomic E-state index is 11.1. The molecule has 1 aromatic heterocycles. The Bertz CT molecular complexity index is 309. The molecule has 4 nitrogen and oxygen atoms in total. The van der Waals surface area contributed by atoms with Crippen molar-refractivity contribution in [2.45, 2.75) is 13.3 Å². The van der Waals surface area contributed by atoms with Crippen LogP contribution < -0.4 is 5.32 Å². The number of carbonyl (C=O) groups is 2. The molecule has 1 rings (SSSR count). The molecule has 13 heavy (non-hydrogen) atoms. The lowest BCUT2D eigenvalue weighted by Gasteiger charge is -2.01. The van der Waals surface area contributed by atoms with Crippen LogP contribution in [0.2, 0.25) is 0 Å². The van der Waals surface area contributed by atoms with Crippen LogP contribution in [0.3, 0.4) is 0 Å². The smallest absolute Gasteiger partial charge is 0.291 e. The molecular formula is C9H10N2O2. The van der Waals surface area contributed by atoms with E-state index < -0.39 is 11.7 Å². The number of rotatable bonds is 3. The molecule has 0 aliphatic rings. The number of aromatic nitrogens is 1. The summed E-state index contributed by atoms with van der Waals surface area (Å²) < 4.78 is 0. The van der Waals surface area contributed by atoms with Gasteiger partial charge >= 0.3 is 0 Å². The second kappa shape index (κ2) is 4.35. The van der Waals surface area contributed by atoms with Crippen LogP contribution in [0.4, 0.5) is 5.69 Å². The lowest BCUT2D eigenvalue weighted by atomic mass is 10.3. The standard InChI is InChI=1S/C9H10N2O2/c1-2-8(12)9(13)11-7-3-5-10-6-4-7/h3-6H,2H2,1H3,(H,10,11,13). The maximum Gasteiger partial charge on any atom is 0.291 e. The van der Waals surface area contributed by atoms with Gasteiger partial charge in [0, 0.05) is 24.5 Å². The quantitative estimate of drug-likeness (QED) is 0.702. The number of carbonyl (C=O) groups excluding carboxylic acids is 2. The number of hydrogen-bond acceptors (Lipinski definition) is 3. The highest BCUT2D eigenvalue weighted by molar-refractivity contribution is 6.40. The third kappa shape index (κ3) is 2.66. The predicted molar refractivity (Wildman–Crippen MR) is 48.2 cm³/mol. The minimum absolute atomic E-state index is 0.219. The van der Waals surface area contributed by atoms with E-state index in [0.717, 1.165) is 0 Å². The van der Waals surface area contributed by atoms with Gasteiger partial charge in [-0.05, 0) is 12.1 Å². The highest BCUT2D eigenvalue weighted by Gasteiger charge is 2.10. The van der Waals surface area contributed by atoms with Crippen molar-refractivity contribution in [3.05, 3.63) is 24.5 Å². The number of nitrogens with one attached hydrogen (secondary N) is 1. The zero-order valence-electron chi connectivity index (χ0n) is 7.28. The van der Waals surface area contributed by atoms with Gasteiger partial charge in [0.05, 0.1) is 0 Å². The molecule has 1 heterocycles. The van der Waals surface area contributed by atoms with Crippen molar-refractivity contribution in [1.82, 2.24) is 4.98 Å². The van der Waals surface area contributed by atoms with Crippen molar-refractivity contribution in [1.29, 1.82) is 0 Å². The predicted octanol–water partition coefficient (Wildman–Crippen LogP) is 0.999. The average Bonchev–Trinajstić information content (AvgIpc) is 2.18. The Kier molecular flexibility index (Phi) is 3.14. The Hall–Kier alpha value is -1.71. The molecule has 0 aliphatic heterocycles. The highest BCUT2D eigenvalue weighted by Crippen LogP contribution is 2.02. The van der Waals surface area contributed by atoms with Crippen LogP contribution in [-0.4, -0.2) is 16.7 Å². The minimum atomic E-state index is -0.575. The number of ketones is 1. The van der Waals surface area contributed by atoms with E-state index in [2.05, 4.69) is 10.3 Å². The summed E-state index contributed by atoms with van der Waals surface area (Å²) >= 11 is 0. The lowest BCUT2D eigenvalue weighted by Crippen LogP contribution is -2.21. The van der Waals surface area contributed by atoms with E-state index in [1.807, 2.05) is 0 Å². The Morgan fingerprint density at radius 1 is 1.38 bits per heavy atom. The van der Waals surface area contributed by atoms with Gasteiger partial charge in [0.15, 0.2) is 0 Å². The van der Waals surface area contributed by atoms with E-state index in [4.69, 9.17) is 0 Å². The van der Waals surface area contributed by atoms with Crippen molar-refractivity contribution in [3.8, 4) is 0 Å². The number of nitrogens with zero attached hydrogens (tertiary/aromatic N) is 1. The van der Waals surface area contributed by atoms with Gasteiger partial charge in [0.25, 0.3) is 5.91 Å². The van der Waals surface area contributed by atoms with Gasteiger partial charge in [0.1, 0.15) is 0 Å². The van der Waals surface area contributed by atoms with Crippen LogP contribution in [0, 0.1) is 0 Å². The Labute approximate surface area is 76.0 Å². The fourth-order valence-corrected chi connectivity index (χ4v) is 0.797. The van der Waals surface area contributed by atoms with E-state index in [9.17, 15) is 9.59 Å². The van der Waals surface area contributed by atoms with E-state index in [1.165, 1.54) is 0 Å². The van der Waals surface area contributed by atoms with Crippen molar-refractivity contribution in [2.24, 2.45) is 0 Å². The van der Waals surface area contributed by atoms with Gasteiger partial charge in [-0.2, -0.15) is 0 Å². The SMILES string of the molecule is CCC(=O)C(=O)Nc1ccncc1. The molecule has 68 valence electrons. The van der Waals surface area contributed by atoms with Crippen LogP contribution >= 0.6 is 0 Å². The van der Waals surface area contributed by atoms with Crippen LogP contribution in [0.5, 0.6) is 0 Å². The summed E-state index contributed by atoms with van der Waals surface area (Å²) in [6.45, 7) is 1.65. The fourth-order valence-electron chi connectivity index (χ4n) is 0.797. The topological polar surface area (TPSA) is 59.1 Å². The fraction of sp³-hybridized carbons (Fsp3) is 0.222. The summed E-state index contributed by atoms with van der Waals surface area (Å²) in [4.78, 5) is 25.7. The highest BCUT2D eigenvalue weighted by atomic mass is 16.2. The molecule has 0 unspecified atom stereocenters. The van der Waals surface area contributed by atoms with E-state index in [1.54, 1.807) is 31.5 Å². The first-order valence-corrected chi connectivity index (χ1v) is 3.98. The summed E-state index contributed by atoms with van der Waals surface area (Å²) in [6, 6.07) is 3.25. The largest absolute Gasteiger partial charge is 0.319 e. The molecule has 0 saturated carbocycles. The van der Waals surface area contributed by atoms with Gasteiger partial charge < -0.3 is 5.32 Å². The van der Waals surface area contributed by atoms with Gasteiger partial charge in [-0.1, -0.05) is 6.92 Å². The monoisotopic (exact) mass is 178 g/mol. The number of pyridine rings is 1. The van der Waals surface area contributed by atoms with Crippen LogP contribution in [0.1, 0.15) is 13.3 Å². The summed E-state index contributed by atoms with van der Waals surface area (Å²) in [5, 5.41) is 2.46. The van der Waals surface area contributed by atoms with Crippen molar-refractivity contribution in [2.75, 3.05) is 5.32 Å². The summed E-state index contributed by atoms with van der Waals surface area (Å²) in [5.41, 5.74) is 0.585. The van der Waals surface area contributed by atoms with Crippen molar-refractivity contribution in [3.63, 3.8) is 0 Å². The van der Waals surface area contributed by atoms with Crippen LogP contribution in [-0.2, 0) is 9.59 Å². The van der Waals surface area contributed by atoms with Crippen molar-refractivity contribution >= 4 is 17.4 Å². The Morgan fingerprint density at radius 3 is 2.54 bits per heavy atom. The second-order valence-electron chi connectivity index (χ2n) is 2.47. The second-order valence-corrected chi connectivity index (χ2v) is 2.47. The average molecular weight is 178 g/mol. The molecule has 0 spiro atoms. The lowest BCUT2D eigenvalue weighted by molar-refractivity contribution is -0.134. The summed E-state index contributed by atoms with van der Waals surface area (Å²) in [7, 11) is 0. The van der Waals surface area contributed by atoms with E-state index in [-0.39, 0.29) is 6.42 Å². The Morgan fingerprint density at radius 2 is 2.00 bits per heavy atom. The first-order valence-electron chi connectivity index (χ1n) is 3.98. The number of amides is 1. The van der Waals surface area contributed by atoms with Crippen LogP contribution in [0.15, 0.2) is 24.5 Å².